The summed E-state index contributed by atoms with van der Waals surface area (Å²) < 4.78 is 5.86. The van der Waals surface area contributed by atoms with E-state index in [0.717, 1.165) is 16.0 Å². The number of nitrogens with two attached hydrogens (primary N) is 1. The number of hydrogen-bond donors (Lipinski definition) is 1. The Bertz CT molecular complexity index is 748. The van der Waals surface area contributed by atoms with Crippen molar-refractivity contribution in [2.45, 2.75) is 32.1 Å². The summed E-state index contributed by atoms with van der Waals surface area (Å²) in [6.45, 7) is 0. The molecule has 3 aromatic rings. The van der Waals surface area contributed by atoms with Gasteiger partial charge in [0.05, 0.1) is 10.6 Å². The maximum Gasteiger partial charge on any atom is 0.237 e. The second-order valence-electron chi connectivity index (χ2n) is 5.33. The lowest BCUT2D eigenvalue weighted by Crippen LogP contribution is -1.84. The minimum atomic E-state index is 0.676. The molecule has 4 rings (SSSR count). The number of hydrogen-bond acceptors (Lipinski definition) is 4. The summed E-state index contributed by atoms with van der Waals surface area (Å²) >= 11 is 1.83. The van der Waals surface area contributed by atoms with Crippen molar-refractivity contribution in [3.05, 3.63) is 34.7 Å². The molecule has 0 amide bonds. The molecule has 1 aliphatic rings. The van der Waals surface area contributed by atoms with Gasteiger partial charge in [-0.1, -0.05) is 12.5 Å². The molecule has 0 fully saturated rings. The monoisotopic (exact) mass is 284 g/mol. The Labute approximate surface area is 121 Å². The number of rotatable bonds is 1. The van der Waals surface area contributed by atoms with Crippen LogP contribution in [0.1, 0.15) is 29.7 Å². The van der Waals surface area contributed by atoms with Gasteiger partial charge in [-0.05, 0) is 49.4 Å². The molecule has 0 aliphatic heterocycles. The van der Waals surface area contributed by atoms with Crippen LogP contribution in [0.4, 0.5) is 5.69 Å². The SMILES string of the molecule is Nc1cccc2oc(-c3cc4c(s3)CCCCC4)nc12. The lowest BCUT2D eigenvalue weighted by Gasteiger charge is -1.92. The fourth-order valence-corrected chi connectivity index (χ4v) is 4.03. The highest BCUT2D eigenvalue weighted by atomic mass is 32.1. The zero-order chi connectivity index (χ0) is 13.5. The van der Waals surface area contributed by atoms with E-state index in [-0.39, 0.29) is 0 Å². The van der Waals surface area contributed by atoms with Crippen molar-refractivity contribution >= 4 is 28.1 Å². The van der Waals surface area contributed by atoms with Gasteiger partial charge in [0.25, 0.3) is 0 Å². The first-order chi connectivity index (χ1) is 9.81. The quantitative estimate of drug-likeness (QED) is 0.532. The van der Waals surface area contributed by atoms with Crippen LogP contribution in [-0.4, -0.2) is 4.98 Å². The first kappa shape index (κ1) is 12.0. The van der Waals surface area contributed by atoms with Crippen LogP contribution in [0, 0.1) is 0 Å². The third kappa shape index (κ3) is 1.91. The molecule has 0 radical (unpaired) electrons. The van der Waals surface area contributed by atoms with Gasteiger partial charge in [0.2, 0.25) is 5.89 Å². The molecule has 0 spiro atoms. The van der Waals surface area contributed by atoms with Crippen LogP contribution < -0.4 is 5.73 Å². The van der Waals surface area contributed by atoms with Gasteiger partial charge < -0.3 is 10.2 Å². The van der Waals surface area contributed by atoms with Crippen LogP contribution in [0.2, 0.25) is 0 Å². The third-order valence-electron chi connectivity index (χ3n) is 3.91. The van der Waals surface area contributed by atoms with Crippen molar-refractivity contribution in [2.24, 2.45) is 0 Å². The highest BCUT2D eigenvalue weighted by Crippen LogP contribution is 2.36. The number of oxazole rings is 1. The van der Waals surface area contributed by atoms with Crippen molar-refractivity contribution in [3.63, 3.8) is 0 Å². The van der Waals surface area contributed by atoms with E-state index in [1.54, 1.807) is 0 Å². The molecule has 2 heterocycles. The summed E-state index contributed by atoms with van der Waals surface area (Å²) in [5.41, 5.74) is 9.64. The van der Waals surface area contributed by atoms with E-state index >= 15 is 0 Å². The van der Waals surface area contributed by atoms with Crippen molar-refractivity contribution in [1.82, 2.24) is 4.98 Å². The minimum Gasteiger partial charge on any atom is -0.435 e. The van der Waals surface area contributed by atoms with Crippen LogP contribution in [0.25, 0.3) is 21.9 Å². The van der Waals surface area contributed by atoms with Crippen molar-refractivity contribution in [3.8, 4) is 10.8 Å². The van der Waals surface area contributed by atoms with E-state index < -0.39 is 0 Å². The van der Waals surface area contributed by atoms with E-state index in [1.165, 1.54) is 42.5 Å². The molecule has 4 heteroatoms. The maximum atomic E-state index is 5.95. The van der Waals surface area contributed by atoms with Crippen molar-refractivity contribution < 1.29 is 4.42 Å². The number of aryl methyl sites for hydroxylation is 2. The highest BCUT2D eigenvalue weighted by Gasteiger charge is 2.17. The number of fused-ring (bicyclic) bond motifs is 2. The van der Waals surface area contributed by atoms with E-state index in [0.29, 0.717) is 11.6 Å². The molecule has 0 atom stereocenters. The zero-order valence-corrected chi connectivity index (χ0v) is 12.0. The number of nitrogen functional groups attached to an aromatic ring is 1. The van der Waals surface area contributed by atoms with Crippen molar-refractivity contribution in [1.29, 1.82) is 0 Å². The van der Waals surface area contributed by atoms with Crippen molar-refractivity contribution in [2.75, 3.05) is 5.73 Å². The Morgan fingerprint density at radius 2 is 2.05 bits per heavy atom. The number of para-hydroxylation sites is 1. The Balaban J connectivity index is 1.81. The topological polar surface area (TPSA) is 52.0 Å². The Morgan fingerprint density at radius 3 is 2.95 bits per heavy atom. The molecule has 102 valence electrons. The lowest BCUT2D eigenvalue weighted by atomic mass is 10.1. The first-order valence-corrected chi connectivity index (χ1v) is 7.90. The molecule has 2 N–H and O–H groups in total. The highest BCUT2D eigenvalue weighted by molar-refractivity contribution is 7.15. The molecule has 3 nitrogen and oxygen atoms in total. The lowest BCUT2D eigenvalue weighted by molar-refractivity contribution is 0.621. The second kappa shape index (κ2) is 4.63. The fourth-order valence-electron chi connectivity index (χ4n) is 2.85. The molecule has 2 aromatic heterocycles. The Morgan fingerprint density at radius 1 is 1.15 bits per heavy atom. The third-order valence-corrected chi connectivity index (χ3v) is 5.13. The van der Waals surface area contributed by atoms with Crippen LogP contribution in [0.15, 0.2) is 28.7 Å². The zero-order valence-electron chi connectivity index (χ0n) is 11.2. The van der Waals surface area contributed by atoms with E-state index in [1.807, 2.05) is 29.5 Å². The van der Waals surface area contributed by atoms with Gasteiger partial charge in [-0.15, -0.1) is 11.3 Å². The average Bonchev–Trinajstić information content (AvgIpc) is 2.99. The summed E-state index contributed by atoms with van der Waals surface area (Å²) in [6.07, 6.45) is 6.32. The predicted molar refractivity (Wildman–Crippen MR) is 83.0 cm³/mol. The van der Waals surface area contributed by atoms with E-state index in [4.69, 9.17) is 10.2 Å². The normalized spacial score (nSPS) is 15.2. The van der Waals surface area contributed by atoms with Crippen LogP contribution in [-0.2, 0) is 12.8 Å². The molecule has 1 aromatic carbocycles. The molecule has 1 aliphatic carbocycles. The van der Waals surface area contributed by atoms with E-state index in [9.17, 15) is 0 Å². The van der Waals surface area contributed by atoms with Gasteiger partial charge in [-0.2, -0.15) is 0 Å². The van der Waals surface area contributed by atoms with Gasteiger partial charge in [-0.3, -0.25) is 0 Å². The van der Waals surface area contributed by atoms with Gasteiger partial charge >= 0.3 is 0 Å². The van der Waals surface area contributed by atoms with Gasteiger partial charge in [-0.25, -0.2) is 4.98 Å². The summed E-state index contributed by atoms with van der Waals surface area (Å²) in [7, 11) is 0. The standard InChI is InChI=1S/C16H16N2OS/c17-11-6-4-7-12-15(11)18-16(19-12)14-9-10-5-2-1-3-8-13(10)20-14/h4,6-7,9H,1-3,5,8,17H2. The molecule has 20 heavy (non-hydrogen) atoms. The van der Waals surface area contributed by atoms with E-state index in [2.05, 4.69) is 11.1 Å². The minimum absolute atomic E-state index is 0.676. The molecule has 0 saturated heterocycles. The number of aromatic nitrogens is 1. The summed E-state index contributed by atoms with van der Waals surface area (Å²) in [6, 6.07) is 7.93. The molecular weight excluding hydrogens is 268 g/mol. The Kier molecular flexibility index (Phi) is 2.77. The van der Waals surface area contributed by atoms with Crippen LogP contribution in [0.3, 0.4) is 0 Å². The second-order valence-corrected chi connectivity index (χ2v) is 6.47. The summed E-state index contributed by atoms with van der Waals surface area (Å²) in [5, 5.41) is 0. The summed E-state index contributed by atoms with van der Waals surface area (Å²) in [5.74, 6) is 0.705. The largest absolute Gasteiger partial charge is 0.435 e. The summed E-state index contributed by atoms with van der Waals surface area (Å²) in [4.78, 5) is 7.21. The number of anilines is 1. The number of thiophene rings is 1. The molecular formula is C16H16N2OS. The number of benzene rings is 1. The fraction of sp³-hybridized carbons (Fsp3) is 0.312. The molecule has 0 bridgehead atoms. The van der Waals surface area contributed by atoms with Crippen LogP contribution in [0.5, 0.6) is 0 Å². The average molecular weight is 284 g/mol. The first-order valence-electron chi connectivity index (χ1n) is 7.08. The van der Waals surface area contributed by atoms with Gasteiger partial charge in [0, 0.05) is 4.88 Å². The molecule has 0 saturated carbocycles. The smallest absolute Gasteiger partial charge is 0.237 e. The van der Waals surface area contributed by atoms with Gasteiger partial charge in [0.15, 0.2) is 5.58 Å². The van der Waals surface area contributed by atoms with Gasteiger partial charge in [0.1, 0.15) is 5.52 Å². The Hall–Kier alpha value is -1.81. The maximum absolute atomic E-state index is 5.95. The predicted octanol–water partition coefficient (Wildman–Crippen LogP) is 4.41. The number of nitrogens with zero attached hydrogens (tertiary/aromatic N) is 1. The molecule has 0 unspecified atom stereocenters. The van der Waals surface area contributed by atoms with Crippen LogP contribution >= 0.6 is 11.3 Å².